The first-order valence-electron chi connectivity index (χ1n) is 8.43. The summed E-state index contributed by atoms with van der Waals surface area (Å²) in [5.74, 6) is 0. The predicted molar refractivity (Wildman–Crippen MR) is 95.8 cm³/mol. The zero-order valence-electron chi connectivity index (χ0n) is 14.2. The second kappa shape index (κ2) is 9.30. The fourth-order valence-corrected chi connectivity index (χ4v) is 3.71. The van der Waals surface area contributed by atoms with Crippen molar-refractivity contribution in [2.24, 2.45) is 0 Å². The number of nitrogens with zero attached hydrogens (tertiary/aromatic N) is 2. The highest BCUT2D eigenvalue weighted by Gasteiger charge is 2.20. The second-order valence-electron chi connectivity index (χ2n) is 6.39. The molecule has 0 spiro atoms. The number of rotatable bonds is 6. The summed E-state index contributed by atoms with van der Waals surface area (Å²) in [7, 11) is 3.53. The minimum absolute atomic E-state index is 0.0434. The average molecular weight is 337 g/mol. The van der Waals surface area contributed by atoms with E-state index in [9.17, 15) is 9.90 Å². The lowest BCUT2D eigenvalue weighted by molar-refractivity contribution is 0.117. The fourth-order valence-electron chi connectivity index (χ4n) is 3.05. The molecule has 5 heteroatoms. The van der Waals surface area contributed by atoms with Crippen molar-refractivity contribution in [1.29, 1.82) is 0 Å². The number of hydrogen-bond donors (Lipinski definition) is 1. The third-order valence-corrected chi connectivity index (χ3v) is 5.41. The Morgan fingerprint density at radius 1 is 1.17 bits per heavy atom. The Morgan fingerprint density at radius 3 is 2.39 bits per heavy atom. The highest BCUT2D eigenvalue weighted by molar-refractivity contribution is 8.13. The summed E-state index contributed by atoms with van der Waals surface area (Å²) in [5, 5.41) is 9.40. The first-order chi connectivity index (χ1) is 11.1. The minimum atomic E-state index is 0.0434. The van der Waals surface area contributed by atoms with E-state index < -0.39 is 0 Å². The van der Waals surface area contributed by atoms with Crippen molar-refractivity contribution < 1.29 is 9.90 Å². The van der Waals surface area contributed by atoms with E-state index in [0.717, 1.165) is 18.0 Å². The van der Waals surface area contributed by atoms with Gasteiger partial charge >= 0.3 is 0 Å². The second-order valence-corrected chi connectivity index (χ2v) is 7.42. The van der Waals surface area contributed by atoms with Gasteiger partial charge in [0.05, 0.1) is 6.61 Å². The Morgan fingerprint density at radius 2 is 1.83 bits per heavy atom. The van der Waals surface area contributed by atoms with Crippen LogP contribution < -0.4 is 0 Å². The molecule has 0 atom stereocenters. The molecular formula is C18H28N2O2S. The zero-order chi connectivity index (χ0) is 16.7. The van der Waals surface area contributed by atoms with Crippen molar-refractivity contribution in [2.75, 3.05) is 27.2 Å². The number of aliphatic hydroxyl groups is 1. The molecule has 0 aromatic heterocycles. The number of benzene rings is 1. The Hall–Kier alpha value is -1.04. The van der Waals surface area contributed by atoms with Crippen LogP contribution in [0.4, 0.5) is 4.79 Å². The number of carbonyl (C=O) groups excluding carboxylic acids is 1. The maximum absolute atomic E-state index is 11.7. The number of thioether (sulfide) groups is 1. The Balaban J connectivity index is 1.95. The highest BCUT2D eigenvalue weighted by Crippen LogP contribution is 2.25. The largest absolute Gasteiger partial charge is 0.395 e. The lowest BCUT2D eigenvalue weighted by atomic mass is 9.94. The van der Waals surface area contributed by atoms with Crippen LogP contribution in [-0.4, -0.2) is 53.4 Å². The van der Waals surface area contributed by atoms with E-state index in [-0.39, 0.29) is 11.8 Å². The van der Waals surface area contributed by atoms with Crippen LogP contribution in [0.15, 0.2) is 29.2 Å². The lowest BCUT2D eigenvalue weighted by Gasteiger charge is -2.34. The van der Waals surface area contributed by atoms with Gasteiger partial charge in [-0.05, 0) is 42.3 Å². The van der Waals surface area contributed by atoms with Gasteiger partial charge in [-0.2, -0.15) is 0 Å². The molecule has 0 saturated heterocycles. The van der Waals surface area contributed by atoms with Gasteiger partial charge in [0.15, 0.2) is 0 Å². The van der Waals surface area contributed by atoms with Crippen LogP contribution in [-0.2, 0) is 6.54 Å². The van der Waals surface area contributed by atoms with Gasteiger partial charge < -0.3 is 10.0 Å². The molecule has 4 nitrogen and oxygen atoms in total. The number of carbonyl (C=O) groups is 1. The van der Waals surface area contributed by atoms with Gasteiger partial charge in [-0.3, -0.25) is 9.69 Å². The van der Waals surface area contributed by atoms with E-state index in [1.165, 1.54) is 49.4 Å². The van der Waals surface area contributed by atoms with E-state index in [0.29, 0.717) is 6.04 Å². The van der Waals surface area contributed by atoms with Gasteiger partial charge in [0, 0.05) is 38.1 Å². The van der Waals surface area contributed by atoms with Crippen molar-refractivity contribution in [3.8, 4) is 0 Å². The molecule has 1 aromatic carbocycles. The van der Waals surface area contributed by atoms with Crippen LogP contribution in [0.1, 0.15) is 37.7 Å². The number of amides is 1. The summed E-state index contributed by atoms with van der Waals surface area (Å²) in [5.41, 5.74) is 1.24. The molecule has 1 fully saturated rings. The maximum Gasteiger partial charge on any atom is 0.285 e. The van der Waals surface area contributed by atoms with Crippen LogP contribution in [0.25, 0.3) is 0 Å². The van der Waals surface area contributed by atoms with E-state index >= 15 is 0 Å². The smallest absolute Gasteiger partial charge is 0.285 e. The van der Waals surface area contributed by atoms with Crippen molar-refractivity contribution in [3.63, 3.8) is 0 Å². The van der Waals surface area contributed by atoms with Crippen LogP contribution in [0.5, 0.6) is 0 Å². The maximum atomic E-state index is 11.7. The predicted octanol–water partition coefficient (Wildman–Crippen LogP) is 3.59. The summed E-state index contributed by atoms with van der Waals surface area (Å²) in [6.45, 7) is 1.82. The monoisotopic (exact) mass is 336 g/mol. The van der Waals surface area contributed by atoms with Crippen molar-refractivity contribution in [1.82, 2.24) is 9.80 Å². The third-order valence-electron chi connectivity index (χ3n) is 4.36. The molecule has 1 N–H and O–H groups in total. The fraction of sp³-hybridized carbons (Fsp3) is 0.611. The zero-order valence-corrected chi connectivity index (χ0v) is 15.0. The van der Waals surface area contributed by atoms with E-state index in [2.05, 4.69) is 17.0 Å². The molecule has 1 aliphatic carbocycles. The topological polar surface area (TPSA) is 43.8 Å². The van der Waals surface area contributed by atoms with Crippen molar-refractivity contribution in [2.45, 2.75) is 49.6 Å². The van der Waals surface area contributed by atoms with E-state index in [1.807, 2.05) is 12.1 Å². The summed E-state index contributed by atoms with van der Waals surface area (Å²) < 4.78 is 0. The van der Waals surface area contributed by atoms with Crippen LogP contribution in [0.2, 0.25) is 0 Å². The lowest BCUT2D eigenvalue weighted by Crippen LogP contribution is -2.38. The normalized spacial score (nSPS) is 15.8. The molecule has 1 saturated carbocycles. The van der Waals surface area contributed by atoms with Crippen LogP contribution in [0.3, 0.4) is 0 Å². The van der Waals surface area contributed by atoms with Gasteiger partial charge in [0.2, 0.25) is 0 Å². The van der Waals surface area contributed by atoms with E-state index in [4.69, 9.17) is 0 Å². The SMILES string of the molecule is CN(C)C(=O)Sc1ccc(CN(CCO)C2CCCCC2)cc1. The third kappa shape index (κ3) is 5.83. The standard InChI is InChI=1S/C18H28N2O2S/c1-19(2)18(22)23-17-10-8-15(9-11-17)14-20(12-13-21)16-6-4-3-5-7-16/h8-11,16,21H,3-7,12-14H2,1-2H3. The first-order valence-corrected chi connectivity index (χ1v) is 9.25. The molecule has 1 amide bonds. The molecule has 0 heterocycles. The van der Waals surface area contributed by atoms with Crippen molar-refractivity contribution >= 4 is 17.0 Å². The Bertz CT molecular complexity index is 484. The van der Waals surface area contributed by atoms with E-state index in [1.54, 1.807) is 19.0 Å². The molecular weight excluding hydrogens is 308 g/mol. The van der Waals surface area contributed by atoms with Crippen molar-refractivity contribution in [3.05, 3.63) is 29.8 Å². The van der Waals surface area contributed by atoms with Gasteiger partial charge in [0.1, 0.15) is 0 Å². The quantitative estimate of drug-likeness (QED) is 0.806. The number of hydrogen-bond acceptors (Lipinski definition) is 4. The van der Waals surface area contributed by atoms with Gasteiger partial charge in [0.25, 0.3) is 5.24 Å². The first kappa shape index (κ1) is 18.3. The summed E-state index contributed by atoms with van der Waals surface area (Å²) >= 11 is 1.25. The van der Waals surface area contributed by atoms with Crippen LogP contribution >= 0.6 is 11.8 Å². The Kier molecular flexibility index (Phi) is 7.40. The van der Waals surface area contributed by atoms with Gasteiger partial charge in [-0.15, -0.1) is 0 Å². The minimum Gasteiger partial charge on any atom is -0.395 e. The van der Waals surface area contributed by atoms with Gasteiger partial charge in [-0.25, -0.2) is 0 Å². The number of aliphatic hydroxyl groups excluding tert-OH is 1. The van der Waals surface area contributed by atoms with Crippen LogP contribution in [0, 0.1) is 0 Å². The molecule has 0 bridgehead atoms. The molecule has 23 heavy (non-hydrogen) atoms. The summed E-state index contributed by atoms with van der Waals surface area (Å²) in [4.78, 5) is 16.7. The molecule has 2 rings (SSSR count). The summed E-state index contributed by atoms with van der Waals surface area (Å²) in [6.07, 6.45) is 6.43. The van der Waals surface area contributed by atoms with Gasteiger partial charge in [-0.1, -0.05) is 31.4 Å². The average Bonchev–Trinajstić information content (AvgIpc) is 2.57. The molecule has 0 unspecified atom stereocenters. The Labute approximate surface area is 143 Å². The summed E-state index contributed by atoms with van der Waals surface area (Å²) in [6, 6.07) is 8.82. The molecule has 128 valence electrons. The molecule has 1 aromatic rings. The molecule has 0 radical (unpaired) electrons. The highest BCUT2D eigenvalue weighted by atomic mass is 32.2. The molecule has 0 aliphatic heterocycles. The molecule has 1 aliphatic rings.